The quantitative estimate of drug-likeness (QED) is 0.191. The monoisotopic (exact) mass is 404 g/mol. The molecule has 0 unspecified atom stereocenters. The number of unbranched alkanes of at least 4 members (excludes halogenated alkanes) is 10. The van der Waals surface area contributed by atoms with Gasteiger partial charge in [0.2, 0.25) is 0 Å². The Labute approximate surface area is 182 Å². The van der Waals surface area contributed by atoms with Crippen LogP contribution in [0.4, 0.5) is 0 Å². The number of rotatable bonds is 13. The van der Waals surface area contributed by atoms with Crippen molar-refractivity contribution in [2.45, 2.75) is 77.6 Å². The van der Waals surface area contributed by atoms with Crippen molar-refractivity contribution in [1.82, 2.24) is 0 Å². The minimum absolute atomic E-state index is 0.238. The molecule has 0 saturated carbocycles. The zero-order valence-corrected chi connectivity index (χ0v) is 18.7. The SMILES string of the molecule is CCCCCCCCCCCCC=C(C(=O)OC)C1=Cc2cccc3cccc1c23. The second-order valence-electron chi connectivity index (χ2n) is 8.39. The molecular weight excluding hydrogens is 368 g/mol. The number of hydrogen-bond acceptors (Lipinski definition) is 2. The molecule has 30 heavy (non-hydrogen) atoms. The molecule has 0 atom stereocenters. The zero-order valence-electron chi connectivity index (χ0n) is 18.7. The third kappa shape index (κ3) is 5.62. The van der Waals surface area contributed by atoms with E-state index in [4.69, 9.17) is 4.74 Å². The molecule has 2 nitrogen and oxygen atoms in total. The van der Waals surface area contributed by atoms with Crippen LogP contribution in [-0.2, 0) is 9.53 Å². The van der Waals surface area contributed by atoms with E-state index in [0.29, 0.717) is 5.57 Å². The van der Waals surface area contributed by atoms with E-state index in [1.54, 1.807) is 0 Å². The lowest BCUT2D eigenvalue weighted by Crippen LogP contribution is -2.06. The van der Waals surface area contributed by atoms with Gasteiger partial charge >= 0.3 is 5.97 Å². The molecule has 1 aliphatic carbocycles. The van der Waals surface area contributed by atoms with Crippen molar-refractivity contribution < 1.29 is 9.53 Å². The van der Waals surface area contributed by atoms with Gasteiger partial charge in [-0.25, -0.2) is 4.79 Å². The second kappa shape index (κ2) is 11.7. The highest BCUT2D eigenvalue weighted by Gasteiger charge is 2.23. The van der Waals surface area contributed by atoms with Crippen molar-refractivity contribution in [2.24, 2.45) is 0 Å². The van der Waals surface area contributed by atoms with Gasteiger partial charge in [0.1, 0.15) is 0 Å². The summed E-state index contributed by atoms with van der Waals surface area (Å²) in [5.41, 5.74) is 4.03. The molecular formula is C28H36O2. The number of esters is 1. The predicted molar refractivity (Wildman–Crippen MR) is 128 cm³/mol. The standard InChI is InChI=1S/C28H36O2/c1-3-4-5-6-7-8-9-10-11-12-13-19-25(28(29)30-2)26-21-23-18-14-16-22-17-15-20-24(26)27(22)23/h14-21H,3-13H2,1-2H3. The van der Waals surface area contributed by atoms with Gasteiger partial charge < -0.3 is 4.74 Å². The van der Waals surface area contributed by atoms with Gasteiger partial charge in [-0.15, -0.1) is 0 Å². The molecule has 2 heteroatoms. The van der Waals surface area contributed by atoms with Crippen LogP contribution >= 0.6 is 0 Å². The van der Waals surface area contributed by atoms with Crippen molar-refractivity contribution >= 4 is 28.4 Å². The van der Waals surface area contributed by atoms with Gasteiger partial charge in [0.05, 0.1) is 12.7 Å². The number of hydrogen-bond donors (Lipinski definition) is 0. The molecule has 0 saturated heterocycles. The van der Waals surface area contributed by atoms with Crippen molar-refractivity contribution in [1.29, 1.82) is 0 Å². The van der Waals surface area contributed by atoms with E-state index >= 15 is 0 Å². The van der Waals surface area contributed by atoms with Gasteiger partial charge in [-0.2, -0.15) is 0 Å². The molecule has 0 fully saturated rings. The molecule has 0 amide bonds. The van der Waals surface area contributed by atoms with E-state index in [1.165, 1.54) is 81.2 Å². The smallest absolute Gasteiger partial charge is 0.338 e. The van der Waals surface area contributed by atoms with Crippen molar-refractivity contribution in [3.63, 3.8) is 0 Å². The molecule has 0 aromatic heterocycles. The van der Waals surface area contributed by atoms with Gasteiger partial charge in [0.15, 0.2) is 0 Å². The molecule has 1 aliphatic rings. The average molecular weight is 405 g/mol. The lowest BCUT2D eigenvalue weighted by atomic mass is 9.96. The van der Waals surface area contributed by atoms with Gasteiger partial charge in [-0.1, -0.05) is 107 Å². The predicted octanol–water partition coefficient (Wildman–Crippen LogP) is 8.10. The minimum Gasteiger partial charge on any atom is -0.465 e. The maximum absolute atomic E-state index is 12.6. The summed E-state index contributed by atoms with van der Waals surface area (Å²) in [5, 5.41) is 2.46. The Morgan fingerprint density at radius 1 is 0.867 bits per heavy atom. The van der Waals surface area contributed by atoms with E-state index in [-0.39, 0.29) is 5.97 Å². The van der Waals surface area contributed by atoms with Crippen LogP contribution in [0.15, 0.2) is 48.0 Å². The molecule has 160 valence electrons. The molecule has 3 rings (SSSR count). The van der Waals surface area contributed by atoms with Crippen LogP contribution in [0.2, 0.25) is 0 Å². The maximum Gasteiger partial charge on any atom is 0.338 e. The number of carbonyl (C=O) groups excluding carboxylic acids is 1. The molecule has 2 aromatic carbocycles. The third-order valence-electron chi connectivity index (χ3n) is 6.13. The molecule has 0 heterocycles. The van der Waals surface area contributed by atoms with Gasteiger partial charge in [-0.05, 0) is 46.4 Å². The number of methoxy groups -OCH3 is 1. The highest BCUT2D eigenvalue weighted by atomic mass is 16.5. The van der Waals surface area contributed by atoms with Crippen LogP contribution in [0.1, 0.15) is 88.7 Å². The minimum atomic E-state index is -0.238. The van der Waals surface area contributed by atoms with E-state index in [2.05, 4.69) is 55.5 Å². The Morgan fingerprint density at radius 3 is 2.17 bits per heavy atom. The van der Waals surface area contributed by atoms with Crippen molar-refractivity contribution in [3.8, 4) is 0 Å². The Kier molecular flexibility index (Phi) is 8.74. The summed E-state index contributed by atoms with van der Waals surface area (Å²) in [4.78, 5) is 12.6. The van der Waals surface area contributed by atoms with Crippen LogP contribution in [0.5, 0.6) is 0 Å². The number of carbonyl (C=O) groups is 1. The fourth-order valence-corrected chi connectivity index (χ4v) is 4.46. The van der Waals surface area contributed by atoms with Gasteiger partial charge in [0, 0.05) is 0 Å². The fraction of sp³-hybridized carbons (Fsp3) is 0.464. The molecule has 0 spiro atoms. The Bertz CT molecular complexity index is 899. The zero-order chi connectivity index (χ0) is 21.2. The van der Waals surface area contributed by atoms with Crippen LogP contribution in [-0.4, -0.2) is 13.1 Å². The van der Waals surface area contributed by atoms with E-state index in [1.807, 2.05) is 0 Å². The molecule has 0 N–H and O–H groups in total. The summed E-state index contributed by atoms with van der Waals surface area (Å²) in [6, 6.07) is 12.6. The van der Waals surface area contributed by atoms with Crippen LogP contribution in [0.25, 0.3) is 22.4 Å². The van der Waals surface area contributed by atoms with Gasteiger partial charge in [-0.3, -0.25) is 0 Å². The molecule has 0 radical (unpaired) electrons. The molecule has 0 bridgehead atoms. The average Bonchev–Trinajstić information content (AvgIpc) is 3.14. The first-order valence-electron chi connectivity index (χ1n) is 11.8. The lowest BCUT2D eigenvalue weighted by molar-refractivity contribution is -0.135. The normalized spacial score (nSPS) is 13.0. The molecule has 2 aromatic rings. The first-order chi connectivity index (χ1) is 14.8. The number of allylic oxidation sites excluding steroid dienone is 1. The van der Waals surface area contributed by atoms with E-state index < -0.39 is 0 Å². The first kappa shape index (κ1) is 22.3. The topological polar surface area (TPSA) is 26.3 Å². The summed E-state index contributed by atoms with van der Waals surface area (Å²) in [5.74, 6) is -0.238. The maximum atomic E-state index is 12.6. The van der Waals surface area contributed by atoms with Crippen molar-refractivity contribution in [3.05, 3.63) is 59.2 Å². The van der Waals surface area contributed by atoms with E-state index in [9.17, 15) is 4.79 Å². The lowest BCUT2D eigenvalue weighted by Gasteiger charge is -2.09. The van der Waals surface area contributed by atoms with Gasteiger partial charge in [0.25, 0.3) is 0 Å². The first-order valence-corrected chi connectivity index (χ1v) is 11.8. The van der Waals surface area contributed by atoms with Crippen LogP contribution in [0, 0.1) is 0 Å². The van der Waals surface area contributed by atoms with Crippen LogP contribution in [0.3, 0.4) is 0 Å². The Morgan fingerprint density at radius 2 is 1.50 bits per heavy atom. The summed E-state index contributed by atoms with van der Waals surface area (Å²) >= 11 is 0. The highest BCUT2D eigenvalue weighted by Crippen LogP contribution is 2.40. The van der Waals surface area contributed by atoms with E-state index in [0.717, 1.165) is 24.0 Å². The summed E-state index contributed by atoms with van der Waals surface area (Å²) in [6.45, 7) is 2.27. The summed E-state index contributed by atoms with van der Waals surface area (Å²) in [6.07, 6.45) is 18.4. The second-order valence-corrected chi connectivity index (χ2v) is 8.39. The van der Waals surface area contributed by atoms with Crippen molar-refractivity contribution in [2.75, 3.05) is 7.11 Å². The largest absolute Gasteiger partial charge is 0.465 e. The number of ether oxygens (including phenoxy) is 1. The Hall–Kier alpha value is -2.35. The van der Waals surface area contributed by atoms with Crippen LogP contribution < -0.4 is 0 Å². The summed E-state index contributed by atoms with van der Waals surface area (Å²) in [7, 11) is 1.47. The third-order valence-corrected chi connectivity index (χ3v) is 6.13. The summed E-state index contributed by atoms with van der Waals surface area (Å²) < 4.78 is 5.12. The molecule has 0 aliphatic heterocycles. The Balaban J connectivity index is 1.53. The fourth-order valence-electron chi connectivity index (χ4n) is 4.46. The highest BCUT2D eigenvalue weighted by molar-refractivity contribution is 6.19. The number of benzene rings is 2.